The standard InChI is InChI=1S/C29H47N5O4S/c1-22-20-24(33(3)28(30)37)21-23(2)25(22)13-19-39(4,38)34-16-14-29(15-17-34)27(36)31-26(32-29)12-10-8-6-5-7-9-11-18-35/h18,20-21,39H,5-17,19H2,1-4H3,(H2,30,37)(H,31,32,36). The Morgan fingerprint density at radius 3 is 2.28 bits per heavy atom. The zero-order valence-electron chi connectivity index (χ0n) is 24.1. The van der Waals surface area contributed by atoms with Gasteiger partial charge in [0.05, 0.1) is 0 Å². The van der Waals surface area contributed by atoms with Crippen LogP contribution in [0.3, 0.4) is 0 Å². The minimum Gasteiger partial charge on any atom is -0.351 e. The zero-order valence-corrected chi connectivity index (χ0v) is 25.0. The van der Waals surface area contributed by atoms with Gasteiger partial charge in [0.25, 0.3) is 5.91 Å². The molecule has 9 nitrogen and oxygen atoms in total. The van der Waals surface area contributed by atoms with Crippen LogP contribution in [-0.2, 0) is 26.1 Å². The first-order valence-electron chi connectivity index (χ1n) is 14.3. The lowest BCUT2D eigenvalue weighted by Gasteiger charge is -2.41. The molecule has 1 aromatic rings. The smallest absolute Gasteiger partial charge is 0.318 e. The minimum atomic E-state index is -2.60. The largest absolute Gasteiger partial charge is 0.351 e. The number of hydrogen-bond donors (Lipinski definition) is 3. The average Bonchev–Trinajstić information content (AvgIpc) is 3.18. The lowest BCUT2D eigenvalue weighted by Crippen LogP contribution is -2.52. The van der Waals surface area contributed by atoms with Gasteiger partial charge >= 0.3 is 6.03 Å². The summed E-state index contributed by atoms with van der Waals surface area (Å²) >= 11 is 0. The molecule has 3 rings (SSSR count). The maximum Gasteiger partial charge on any atom is 0.318 e. The lowest BCUT2D eigenvalue weighted by atomic mass is 9.89. The minimum absolute atomic E-state index is 0.00998. The number of carbonyl (C=O) groups excluding carboxylic acids is 3. The third-order valence-corrected chi connectivity index (χ3v) is 11.0. The Bertz CT molecular complexity index is 1100. The number of anilines is 1. The fourth-order valence-corrected chi connectivity index (χ4v) is 7.67. The topological polar surface area (TPSA) is 125 Å². The van der Waals surface area contributed by atoms with E-state index in [1.807, 2.05) is 32.2 Å². The number of thiol groups is 1. The monoisotopic (exact) mass is 561 g/mol. The Labute approximate surface area is 234 Å². The predicted octanol–water partition coefficient (Wildman–Crippen LogP) is 3.60. The number of amides is 3. The molecule has 2 aliphatic rings. The molecule has 3 amide bonds. The van der Waals surface area contributed by atoms with Crippen LogP contribution in [0, 0.1) is 13.8 Å². The van der Waals surface area contributed by atoms with Crippen molar-refractivity contribution in [3.63, 3.8) is 0 Å². The predicted molar refractivity (Wildman–Crippen MR) is 160 cm³/mol. The van der Waals surface area contributed by atoms with Gasteiger partial charge in [0.1, 0.15) is 17.7 Å². The van der Waals surface area contributed by atoms with E-state index < -0.39 is 21.7 Å². The summed E-state index contributed by atoms with van der Waals surface area (Å²) in [5.74, 6) is 1.34. The summed E-state index contributed by atoms with van der Waals surface area (Å²) in [7, 11) is -0.947. The van der Waals surface area contributed by atoms with E-state index >= 15 is 0 Å². The first kappa shape index (κ1) is 30.9. The quantitative estimate of drug-likeness (QED) is 0.182. The van der Waals surface area contributed by atoms with Crippen molar-refractivity contribution in [3.8, 4) is 0 Å². The van der Waals surface area contributed by atoms with E-state index in [0.29, 0.717) is 44.5 Å². The van der Waals surface area contributed by atoms with Gasteiger partial charge in [-0.2, -0.15) is 0 Å². The molecule has 218 valence electrons. The molecule has 0 saturated carbocycles. The van der Waals surface area contributed by atoms with Crippen LogP contribution in [-0.4, -0.2) is 70.3 Å². The van der Waals surface area contributed by atoms with Gasteiger partial charge in [-0.3, -0.25) is 18.9 Å². The number of nitrogens with two attached hydrogens (primary N) is 1. The van der Waals surface area contributed by atoms with Crippen molar-refractivity contribution in [2.75, 3.05) is 37.0 Å². The number of nitrogens with one attached hydrogen (secondary N) is 1. The molecule has 2 aliphatic heterocycles. The Morgan fingerprint density at radius 2 is 1.69 bits per heavy atom. The third-order valence-electron chi connectivity index (χ3n) is 8.36. The molecule has 1 aromatic carbocycles. The molecule has 2 heterocycles. The van der Waals surface area contributed by atoms with Crippen molar-refractivity contribution in [1.82, 2.24) is 9.62 Å². The molecule has 0 radical (unpaired) electrons. The number of unbranched alkanes of at least 4 members (excludes halogenated alkanes) is 6. The van der Waals surface area contributed by atoms with Gasteiger partial charge in [-0.25, -0.2) is 9.10 Å². The van der Waals surface area contributed by atoms with Gasteiger partial charge in [0.2, 0.25) is 0 Å². The van der Waals surface area contributed by atoms with Gasteiger partial charge in [-0.1, -0.05) is 35.8 Å². The highest BCUT2D eigenvalue weighted by Gasteiger charge is 2.46. The summed E-state index contributed by atoms with van der Waals surface area (Å²) in [6.07, 6.45) is 12.6. The van der Waals surface area contributed by atoms with Crippen molar-refractivity contribution < 1.29 is 18.6 Å². The fraction of sp³-hybridized carbons (Fsp3) is 0.655. The highest BCUT2D eigenvalue weighted by molar-refractivity contribution is 8.00. The van der Waals surface area contributed by atoms with Crippen molar-refractivity contribution in [2.45, 2.75) is 90.0 Å². The van der Waals surface area contributed by atoms with Gasteiger partial charge < -0.3 is 15.8 Å². The SMILES string of the molecule is Cc1cc(N(C)C(N)=O)cc(C)c1CC[SH](C)(=O)N1CCC2(CC1)N=C(CCCCCCCCC=O)NC2=O. The number of nitrogens with zero attached hydrogens (tertiary/aromatic N) is 3. The number of primary amides is 1. The Balaban J connectivity index is 1.50. The highest BCUT2D eigenvalue weighted by Crippen LogP contribution is 2.33. The number of piperidine rings is 1. The first-order valence-corrected chi connectivity index (χ1v) is 16.6. The Morgan fingerprint density at radius 1 is 1.10 bits per heavy atom. The molecule has 1 fully saturated rings. The van der Waals surface area contributed by atoms with Crippen LogP contribution in [0.15, 0.2) is 17.1 Å². The van der Waals surface area contributed by atoms with Crippen LogP contribution in [0.2, 0.25) is 0 Å². The summed E-state index contributed by atoms with van der Waals surface area (Å²) in [5, 5.41) is 3.02. The number of rotatable bonds is 14. The molecule has 0 aromatic heterocycles. The highest BCUT2D eigenvalue weighted by atomic mass is 32.3. The molecule has 1 saturated heterocycles. The molecule has 3 N–H and O–H groups in total. The van der Waals surface area contributed by atoms with Gasteiger partial charge in [0, 0.05) is 50.7 Å². The number of carbonyl (C=O) groups is 3. The number of benzene rings is 1. The van der Waals surface area contributed by atoms with E-state index in [0.717, 1.165) is 79.4 Å². The number of aldehydes is 1. The van der Waals surface area contributed by atoms with Crippen LogP contribution in [0.25, 0.3) is 0 Å². The van der Waals surface area contributed by atoms with E-state index in [4.69, 9.17) is 10.7 Å². The van der Waals surface area contributed by atoms with E-state index in [2.05, 4.69) is 9.62 Å². The fourth-order valence-electron chi connectivity index (χ4n) is 5.70. The second kappa shape index (κ2) is 13.7. The molecule has 0 bridgehead atoms. The summed E-state index contributed by atoms with van der Waals surface area (Å²) in [5.41, 5.74) is 8.72. The Hall–Kier alpha value is -2.59. The number of aryl methyl sites for hydroxylation is 2. The number of hydrogen-bond acceptors (Lipinski definition) is 5. The third kappa shape index (κ3) is 7.97. The van der Waals surface area contributed by atoms with Crippen LogP contribution in [0.1, 0.15) is 80.9 Å². The van der Waals surface area contributed by atoms with Crippen LogP contribution >= 0.6 is 0 Å². The molecule has 0 aliphatic carbocycles. The van der Waals surface area contributed by atoms with Crippen molar-refractivity contribution >= 4 is 39.9 Å². The molecule has 39 heavy (non-hydrogen) atoms. The number of urea groups is 1. The maximum absolute atomic E-state index is 13.8. The van der Waals surface area contributed by atoms with Gasteiger partial charge in [-0.05, 0) is 74.8 Å². The summed E-state index contributed by atoms with van der Waals surface area (Å²) < 4.78 is 15.8. The van der Waals surface area contributed by atoms with Crippen molar-refractivity contribution in [1.29, 1.82) is 0 Å². The van der Waals surface area contributed by atoms with Crippen molar-refractivity contribution in [2.24, 2.45) is 10.7 Å². The summed E-state index contributed by atoms with van der Waals surface area (Å²) in [6, 6.07) is 3.39. The van der Waals surface area contributed by atoms with E-state index in [9.17, 15) is 18.6 Å². The molecule has 0 unspecified atom stereocenters. The summed E-state index contributed by atoms with van der Waals surface area (Å²) in [6.45, 7) is 5.21. The second-order valence-corrected chi connectivity index (χ2v) is 14.4. The molecular formula is C29H47N5O4S. The average molecular weight is 562 g/mol. The number of amidine groups is 1. The normalized spacial score (nSPS) is 17.6. The van der Waals surface area contributed by atoms with E-state index in [1.54, 1.807) is 7.05 Å². The molecular weight excluding hydrogens is 514 g/mol. The molecule has 0 atom stereocenters. The van der Waals surface area contributed by atoms with Crippen LogP contribution < -0.4 is 16.0 Å². The van der Waals surface area contributed by atoms with Gasteiger partial charge in [0.15, 0.2) is 0 Å². The first-order chi connectivity index (χ1) is 18.5. The van der Waals surface area contributed by atoms with Gasteiger partial charge in [-0.15, -0.1) is 0 Å². The second-order valence-electron chi connectivity index (χ2n) is 11.3. The van der Waals surface area contributed by atoms with Crippen LogP contribution in [0.4, 0.5) is 10.5 Å². The van der Waals surface area contributed by atoms with Crippen molar-refractivity contribution in [3.05, 3.63) is 28.8 Å². The van der Waals surface area contributed by atoms with E-state index in [1.165, 1.54) is 4.90 Å². The molecule has 1 spiro atoms. The molecule has 10 heteroatoms. The number of aliphatic imine (C=N–C) groups is 1. The van der Waals surface area contributed by atoms with Crippen LogP contribution in [0.5, 0.6) is 0 Å². The summed E-state index contributed by atoms with van der Waals surface area (Å²) in [4.78, 5) is 41.1. The lowest BCUT2D eigenvalue weighted by molar-refractivity contribution is -0.125. The van der Waals surface area contributed by atoms with E-state index in [-0.39, 0.29) is 5.91 Å². The Kier molecular flexibility index (Phi) is 10.8. The zero-order chi connectivity index (χ0) is 28.6. The maximum atomic E-state index is 13.8.